The average Bonchev–Trinajstić information content (AvgIpc) is 3.37. The third-order valence-corrected chi connectivity index (χ3v) is 5.99. The molecule has 3 aromatic carbocycles. The van der Waals surface area contributed by atoms with Crippen molar-refractivity contribution in [2.24, 2.45) is 0 Å². The number of fused-ring (bicyclic) bond motifs is 1. The van der Waals surface area contributed by atoms with Gasteiger partial charge >= 0.3 is 0 Å². The van der Waals surface area contributed by atoms with Crippen molar-refractivity contribution in [3.05, 3.63) is 124 Å². The van der Waals surface area contributed by atoms with Crippen LogP contribution in [0.4, 0.5) is 0 Å². The van der Waals surface area contributed by atoms with Crippen LogP contribution in [0.25, 0.3) is 17.2 Å². The van der Waals surface area contributed by atoms with Gasteiger partial charge in [-0.1, -0.05) is 91.0 Å². The molecular formula is C28H24. The number of aryl methyl sites for hydroxylation is 1. The summed E-state index contributed by atoms with van der Waals surface area (Å²) in [6.45, 7) is 2.20. The maximum Gasteiger partial charge on any atom is 0.00676 e. The standard InChI is InChI=1S/C28H24/c1-20-7-5-6-10-27(20)25-12-11-22(18-25)23-15-16-28-24(13-14-26(28)19-23)17-21-8-3-2-4-9-21/h2-11,13-16,18-19,24H,12,17H2,1H3. The van der Waals surface area contributed by atoms with Crippen LogP contribution in [0.3, 0.4) is 0 Å². The Bertz CT molecular complexity index is 1110. The lowest BCUT2D eigenvalue weighted by molar-refractivity contribution is 0.850. The van der Waals surface area contributed by atoms with Crippen molar-refractivity contribution in [1.29, 1.82) is 0 Å². The summed E-state index contributed by atoms with van der Waals surface area (Å²) in [5.74, 6) is 0.488. The largest absolute Gasteiger partial charge is 0.0760 e. The first-order valence-electron chi connectivity index (χ1n) is 10.1. The Labute approximate surface area is 167 Å². The Morgan fingerprint density at radius 2 is 1.71 bits per heavy atom. The maximum absolute atomic E-state index is 2.37. The highest BCUT2D eigenvalue weighted by Crippen LogP contribution is 2.37. The molecule has 0 heteroatoms. The Morgan fingerprint density at radius 3 is 2.57 bits per heavy atom. The second kappa shape index (κ2) is 7.13. The molecule has 2 aliphatic rings. The van der Waals surface area contributed by atoms with Gasteiger partial charge in [0.15, 0.2) is 0 Å². The van der Waals surface area contributed by atoms with Crippen molar-refractivity contribution in [3.8, 4) is 0 Å². The molecule has 28 heavy (non-hydrogen) atoms. The van der Waals surface area contributed by atoms with Crippen LogP contribution in [-0.2, 0) is 6.42 Å². The van der Waals surface area contributed by atoms with Gasteiger partial charge in [-0.25, -0.2) is 0 Å². The first-order valence-corrected chi connectivity index (χ1v) is 10.1. The molecule has 1 atom stereocenters. The van der Waals surface area contributed by atoms with Crippen molar-refractivity contribution in [2.45, 2.75) is 25.7 Å². The molecule has 0 fully saturated rings. The molecule has 0 nitrogen and oxygen atoms in total. The van der Waals surface area contributed by atoms with Crippen molar-refractivity contribution < 1.29 is 0 Å². The molecule has 0 bridgehead atoms. The molecule has 0 radical (unpaired) electrons. The summed E-state index contributed by atoms with van der Waals surface area (Å²) in [6, 6.07) is 26.5. The summed E-state index contributed by atoms with van der Waals surface area (Å²) in [6.07, 6.45) is 11.5. The lowest BCUT2D eigenvalue weighted by Crippen LogP contribution is -1.98. The van der Waals surface area contributed by atoms with Crippen LogP contribution >= 0.6 is 0 Å². The lowest BCUT2D eigenvalue weighted by Gasteiger charge is -2.12. The highest BCUT2D eigenvalue weighted by molar-refractivity contribution is 5.90. The predicted molar refractivity (Wildman–Crippen MR) is 120 cm³/mol. The molecule has 0 N–H and O–H groups in total. The second-order valence-electron chi connectivity index (χ2n) is 7.85. The number of hydrogen-bond donors (Lipinski definition) is 0. The van der Waals surface area contributed by atoms with E-state index in [9.17, 15) is 0 Å². The average molecular weight is 361 g/mol. The molecule has 136 valence electrons. The van der Waals surface area contributed by atoms with Gasteiger partial charge in [0.1, 0.15) is 0 Å². The van der Waals surface area contributed by atoms with Crippen LogP contribution in [0.2, 0.25) is 0 Å². The van der Waals surface area contributed by atoms with Gasteiger partial charge in [-0.15, -0.1) is 0 Å². The van der Waals surface area contributed by atoms with Crippen molar-refractivity contribution >= 4 is 17.2 Å². The van der Waals surface area contributed by atoms with E-state index in [2.05, 4.69) is 104 Å². The van der Waals surface area contributed by atoms with E-state index in [1.54, 1.807) is 0 Å². The van der Waals surface area contributed by atoms with Crippen LogP contribution < -0.4 is 0 Å². The fourth-order valence-corrected chi connectivity index (χ4v) is 4.45. The third kappa shape index (κ3) is 3.16. The highest BCUT2D eigenvalue weighted by atomic mass is 14.2. The first kappa shape index (κ1) is 17.0. The zero-order chi connectivity index (χ0) is 18.9. The van der Waals surface area contributed by atoms with Gasteiger partial charge in [0.25, 0.3) is 0 Å². The Kier molecular flexibility index (Phi) is 4.33. The summed E-state index contributed by atoms with van der Waals surface area (Å²) in [7, 11) is 0. The molecule has 0 aromatic heterocycles. The van der Waals surface area contributed by atoms with Gasteiger partial charge in [-0.2, -0.15) is 0 Å². The fraction of sp³-hybridized carbons (Fsp3) is 0.143. The summed E-state index contributed by atoms with van der Waals surface area (Å²) >= 11 is 0. The minimum Gasteiger partial charge on any atom is -0.0760 e. The number of benzene rings is 3. The second-order valence-corrected chi connectivity index (χ2v) is 7.85. The predicted octanol–water partition coefficient (Wildman–Crippen LogP) is 7.22. The van der Waals surface area contributed by atoms with Gasteiger partial charge in [-0.05, 0) is 70.4 Å². The number of allylic oxidation sites excluding steroid dienone is 5. The van der Waals surface area contributed by atoms with Crippen LogP contribution in [0.5, 0.6) is 0 Å². The van der Waals surface area contributed by atoms with Crippen molar-refractivity contribution in [3.63, 3.8) is 0 Å². The van der Waals surface area contributed by atoms with Gasteiger partial charge < -0.3 is 0 Å². The highest BCUT2D eigenvalue weighted by Gasteiger charge is 2.19. The van der Waals surface area contributed by atoms with Crippen LogP contribution in [-0.4, -0.2) is 0 Å². The monoisotopic (exact) mass is 360 g/mol. The topological polar surface area (TPSA) is 0 Å². The molecule has 0 saturated heterocycles. The summed E-state index contributed by atoms with van der Waals surface area (Å²) in [5.41, 5.74) is 11.0. The van der Waals surface area contributed by atoms with Gasteiger partial charge in [-0.3, -0.25) is 0 Å². The molecule has 0 heterocycles. The Balaban J connectivity index is 1.39. The summed E-state index contributed by atoms with van der Waals surface area (Å²) in [4.78, 5) is 0. The van der Waals surface area contributed by atoms with Gasteiger partial charge in [0.2, 0.25) is 0 Å². The minimum absolute atomic E-state index is 0.488. The van der Waals surface area contributed by atoms with E-state index in [-0.39, 0.29) is 0 Å². The van der Waals surface area contributed by atoms with E-state index >= 15 is 0 Å². The lowest BCUT2D eigenvalue weighted by atomic mass is 9.92. The molecule has 0 amide bonds. The molecule has 3 aromatic rings. The third-order valence-electron chi connectivity index (χ3n) is 5.99. The van der Waals surface area contributed by atoms with Gasteiger partial charge in [0, 0.05) is 5.92 Å². The summed E-state index contributed by atoms with van der Waals surface area (Å²) in [5, 5.41) is 0. The smallest absolute Gasteiger partial charge is 0.00676 e. The van der Waals surface area contributed by atoms with Gasteiger partial charge in [0.05, 0.1) is 0 Å². The van der Waals surface area contributed by atoms with E-state index in [1.807, 2.05) is 0 Å². The van der Waals surface area contributed by atoms with E-state index in [0.29, 0.717) is 5.92 Å². The number of rotatable bonds is 4. The SMILES string of the molecule is Cc1ccccc1C1=CC(c2ccc3c(c2)C=CC3Cc2ccccc2)=CC1. The summed E-state index contributed by atoms with van der Waals surface area (Å²) < 4.78 is 0. The number of hydrogen-bond acceptors (Lipinski definition) is 0. The molecule has 5 rings (SSSR count). The molecule has 1 unspecified atom stereocenters. The van der Waals surface area contributed by atoms with Crippen LogP contribution in [0.15, 0.2) is 91.0 Å². The zero-order valence-electron chi connectivity index (χ0n) is 16.2. The van der Waals surface area contributed by atoms with E-state index in [1.165, 1.54) is 44.5 Å². The van der Waals surface area contributed by atoms with E-state index in [4.69, 9.17) is 0 Å². The Morgan fingerprint density at radius 1 is 0.893 bits per heavy atom. The maximum atomic E-state index is 2.37. The quantitative estimate of drug-likeness (QED) is 0.461. The minimum atomic E-state index is 0.488. The first-order chi connectivity index (χ1) is 13.8. The van der Waals surface area contributed by atoms with Crippen molar-refractivity contribution in [2.75, 3.05) is 0 Å². The van der Waals surface area contributed by atoms with E-state index in [0.717, 1.165) is 12.8 Å². The zero-order valence-corrected chi connectivity index (χ0v) is 16.2. The molecular weight excluding hydrogens is 336 g/mol. The Hall–Kier alpha value is -3.12. The van der Waals surface area contributed by atoms with Crippen LogP contribution in [0, 0.1) is 6.92 Å². The fourth-order valence-electron chi connectivity index (χ4n) is 4.45. The van der Waals surface area contributed by atoms with E-state index < -0.39 is 0 Å². The normalized spacial score (nSPS) is 17.4. The van der Waals surface area contributed by atoms with Crippen LogP contribution in [0.1, 0.15) is 45.7 Å². The van der Waals surface area contributed by atoms with Crippen molar-refractivity contribution in [1.82, 2.24) is 0 Å². The molecule has 0 aliphatic heterocycles. The molecule has 0 spiro atoms. The molecule has 0 saturated carbocycles. The molecule has 2 aliphatic carbocycles.